The highest BCUT2D eigenvalue weighted by atomic mass is 32.1. The molecule has 0 aliphatic rings. The molecule has 1 heterocycles. The van der Waals surface area contributed by atoms with E-state index in [-0.39, 0.29) is 29.7 Å². The lowest BCUT2D eigenvalue weighted by Crippen LogP contribution is -2.26. The second-order valence-corrected chi connectivity index (χ2v) is 5.48. The van der Waals surface area contributed by atoms with Crippen LogP contribution in [0.5, 0.6) is 5.75 Å². The van der Waals surface area contributed by atoms with Gasteiger partial charge in [0, 0.05) is 17.5 Å². The zero-order chi connectivity index (χ0) is 17.5. The number of hydrogen-bond acceptors (Lipinski definition) is 6. The van der Waals surface area contributed by atoms with Crippen LogP contribution < -0.4 is 15.4 Å². The third-order valence-electron chi connectivity index (χ3n) is 2.93. The molecule has 2 amide bonds. The van der Waals surface area contributed by atoms with E-state index in [4.69, 9.17) is 9.84 Å². The number of benzene rings is 1. The van der Waals surface area contributed by atoms with E-state index in [0.717, 1.165) is 11.3 Å². The summed E-state index contributed by atoms with van der Waals surface area (Å²) in [6, 6.07) is 6.55. The number of nitrogens with one attached hydrogen (secondary N) is 2. The third-order valence-corrected chi connectivity index (χ3v) is 3.69. The Morgan fingerprint density at radius 2 is 1.92 bits per heavy atom. The number of nitrogens with zero attached hydrogens (tertiary/aromatic N) is 1. The maximum absolute atomic E-state index is 12.1. The van der Waals surface area contributed by atoms with Gasteiger partial charge in [-0.3, -0.25) is 19.7 Å². The van der Waals surface area contributed by atoms with Crippen LogP contribution in [0, 0.1) is 0 Å². The first kappa shape index (κ1) is 17.4. The molecule has 3 N–H and O–H groups in total. The number of carboxylic acid groups (broad SMARTS) is 1. The van der Waals surface area contributed by atoms with Gasteiger partial charge in [0.05, 0.1) is 13.5 Å². The van der Waals surface area contributed by atoms with Crippen molar-refractivity contribution in [1.82, 2.24) is 10.3 Å². The summed E-state index contributed by atoms with van der Waals surface area (Å²) < 4.78 is 5.02. The van der Waals surface area contributed by atoms with Gasteiger partial charge in [-0.2, -0.15) is 0 Å². The van der Waals surface area contributed by atoms with Crippen LogP contribution in [0.15, 0.2) is 29.6 Å². The van der Waals surface area contributed by atoms with Crippen molar-refractivity contribution >= 4 is 34.3 Å². The molecule has 24 heavy (non-hydrogen) atoms. The predicted octanol–water partition coefficient (Wildman–Crippen LogP) is 1.61. The highest BCUT2D eigenvalue weighted by Crippen LogP contribution is 2.17. The summed E-state index contributed by atoms with van der Waals surface area (Å²) in [4.78, 5) is 38.3. The fourth-order valence-corrected chi connectivity index (χ4v) is 2.41. The van der Waals surface area contributed by atoms with E-state index < -0.39 is 11.9 Å². The summed E-state index contributed by atoms with van der Waals surface area (Å²) in [5.74, 6) is -1.20. The summed E-state index contributed by atoms with van der Waals surface area (Å²) in [5.41, 5.74) is 0.550. The zero-order valence-corrected chi connectivity index (χ0v) is 13.6. The topological polar surface area (TPSA) is 118 Å². The van der Waals surface area contributed by atoms with E-state index in [1.54, 1.807) is 24.3 Å². The lowest BCUT2D eigenvalue weighted by atomic mass is 10.2. The van der Waals surface area contributed by atoms with E-state index in [1.165, 1.54) is 12.5 Å². The Kier molecular flexibility index (Phi) is 5.85. The van der Waals surface area contributed by atoms with Crippen molar-refractivity contribution in [2.75, 3.05) is 19.0 Å². The van der Waals surface area contributed by atoms with Crippen LogP contribution in [0.3, 0.4) is 0 Å². The van der Waals surface area contributed by atoms with Crippen molar-refractivity contribution in [3.63, 3.8) is 0 Å². The second kappa shape index (κ2) is 8.06. The molecule has 126 valence electrons. The molecule has 2 rings (SSSR count). The van der Waals surface area contributed by atoms with Gasteiger partial charge in [0.25, 0.3) is 11.8 Å². The largest absolute Gasteiger partial charge is 0.497 e. The first-order chi connectivity index (χ1) is 11.5. The Morgan fingerprint density at radius 3 is 2.54 bits per heavy atom. The highest BCUT2D eigenvalue weighted by molar-refractivity contribution is 7.14. The molecular weight excluding hydrogens is 334 g/mol. The Bertz CT molecular complexity index is 742. The first-order valence-corrected chi connectivity index (χ1v) is 7.78. The molecule has 0 saturated carbocycles. The maximum atomic E-state index is 12.1. The summed E-state index contributed by atoms with van der Waals surface area (Å²) >= 11 is 1.10. The van der Waals surface area contributed by atoms with Crippen molar-refractivity contribution < 1.29 is 24.2 Å². The molecule has 0 aliphatic carbocycles. The quantitative estimate of drug-likeness (QED) is 0.699. The molecular formula is C15H15N3O5S. The van der Waals surface area contributed by atoms with Gasteiger partial charge in [0.2, 0.25) is 0 Å². The molecule has 0 unspecified atom stereocenters. The zero-order valence-electron chi connectivity index (χ0n) is 12.7. The molecule has 0 bridgehead atoms. The monoisotopic (exact) mass is 349 g/mol. The van der Waals surface area contributed by atoms with E-state index in [9.17, 15) is 14.4 Å². The van der Waals surface area contributed by atoms with Crippen LogP contribution in [-0.4, -0.2) is 41.5 Å². The molecule has 0 fully saturated rings. The number of anilines is 1. The standard InChI is InChI=1S/C15H15N3O5S/c1-23-10-4-2-9(3-5-10)13(21)18-15-17-11(8-24-15)14(22)16-7-6-12(19)20/h2-5,8H,6-7H2,1H3,(H,16,22)(H,19,20)(H,17,18,21). The number of rotatable bonds is 7. The van der Waals surface area contributed by atoms with Gasteiger partial charge in [-0.1, -0.05) is 0 Å². The van der Waals surface area contributed by atoms with Gasteiger partial charge in [-0.15, -0.1) is 11.3 Å². The minimum absolute atomic E-state index is 0.0131. The second-order valence-electron chi connectivity index (χ2n) is 4.62. The number of hydrogen-bond donors (Lipinski definition) is 3. The number of ether oxygens (including phenoxy) is 1. The summed E-state index contributed by atoms with van der Waals surface area (Å²) in [6.07, 6.45) is -0.170. The Balaban J connectivity index is 1.93. The number of amides is 2. The van der Waals surface area contributed by atoms with Gasteiger partial charge in [0.15, 0.2) is 5.13 Å². The van der Waals surface area contributed by atoms with Crippen molar-refractivity contribution in [3.8, 4) is 5.75 Å². The van der Waals surface area contributed by atoms with Crippen LogP contribution in [0.25, 0.3) is 0 Å². The van der Waals surface area contributed by atoms with Crippen LogP contribution in [0.4, 0.5) is 5.13 Å². The lowest BCUT2D eigenvalue weighted by molar-refractivity contribution is -0.136. The fourth-order valence-electron chi connectivity index (χ4n) is 1.72. The highest BCUT2D eigenvalue weighted by Gasteiger charge is 2.13. The molecule has 9 heteroatoms. The molecule has 0 saturated heterocycles. The molecule has 0 radical (unpaired) electrons. The minimum atomic E-state index is -0.999. The maximum Gasteiger partial charge on any atom is 0.305 e. The summed E-state index contributed by atoms with van der Waals surface area (Å²) in [6.45, 7) is 0.0131. The molecule has 0 spiro atoms. The third kappa shape index (κ3) is 4.78. The number of aromatic nitrogens is 1. The van der Waals surface area contributed by atoms with Crippen molar-refractivity contribution in [2.45, 2.75) is 6.42 Å². The van der Waals surface area contributed by atoms with Gasteiger partial charge < -0.3 is 15.2 Å². The molecule has 0 aliphatic heterocycles. The molecule has 8 nitrogen and oxygen atoms in total. The number of methoxy groups -OCH3 is 1. The minimum Gasteiger partial charge on any atom is -0.497 e. The summed E-state index contributed by atoms with van der Waals surface area (Å²) in [5, 5.41) is 15.3. The van der Waals surface area contributed by atoms with Crippen LogP contribution in [-0.2, 0) is 4.79 Å². The molecule has 1 aromatic heterocycles. The van der Waals surface area contributed by atoms with E-state index >= 15 is 0 Å². The average Bonchev–Trinajstić information content (AvgIpc) is 3.03. The van der Waals surface area contributed by atoms with Gasteiger partial charge in [-0.25, -0.2) is 4.98 Å². The van der Waals surface area contributed by atoms with Crippen LogP contribution in [0.2, 0.25) is 0 Å². The predicted molar refractivity (Wildman–Crippen MR) is 87.6 cm³/mol. The number of thiazole rings is 1. The molecule has 0 atom stereocenters. The Morgan fingerprint density at radius 1 is 1.21 bits per heavy atom. The summed E-state index contributed by atoms with van der Waals surface area (Å²) in [7, 11) is 1.54. The number of carbonyl (C=O) groups excluding carboxylic acids is 2. The number of carbonyl (C=O) groups is 3. The van der Waals surface area contributed by atoms with Crippen LogP contribution >= 0.6 is 11.3 Å². The van der Waals surface area contributed by atoms with Gasteiger partial charge in [-0.05, 0) is 24.3 Å². The van der Waals surface area contributed by atoms with Crippen molar-refractivity contribution in [2.24, 2.45) is 0 Å². The van der Waals surface area contributed by atoms with Gasteiger partial charge >= 0.3 is 5.97 Å². The van der Waals surface area contributed by atoms with Crippen molar-refractivity contribution in [1.29, 1.82) is 0 Å². The molecule has 1 aromatic carbocycles. The van der Waals surface area contributed by atoms with E-state index in [0.29, 0.717) is 11.3 Å². The van der Waals surface area contributed by atoms with E-state index in [2.05, 4.69) is 15.6 Å². The normalized spacial score (nSPS) is 10.0. The first-order valence-electron chi connectivity index (χ1n) is 6.90. The van der Waals surface area contributed by atoms with Crippen LogP contribution in [0.1, 0.15) is 27.3 Å². The lowest BCUT2D eigenvalue weighted by Gasteiger charge is -2.03. The fraction of sp³-hybridized carbons (Fsp3) is 0.200. The average molecular weight is 349 g/mol. The number of carboxylic acids is 1. The molecule has 2 aromatic rings. The van der Waals surface area contributed by atoms with Crippen molar-refractivity contribution in [3.05, 3.63) is 40.9 Å². The number of aliphatic carboxylic acids is 1. The van der Waals surface area contributed by atoms with Gasteiger partial charge in [0.1, 0.15) is 11.4 Å². The smallest absolute Gasteiger partial charge is 0.305 e. The van der Waals surface area contributed by atoms with E-state index in [1.807, 2.05) is 0 Å². The Hall–Kier alpha value is -2.94. The Labute approximate surface area is 141 Å². The SMILES string of the molecule is COc1ccc(C(=O)Nc2nc(C(=O)NCCC(=O)O)cs2)cc1.